The van der Waals surface area contributed by atoms with Crippen LogP contribution in [0.2, 0.25) is 0 Å². The molecule has 1 N–H and O–H groups in total. The van der Waals surface area contributed by atoms with Gasteiger partial charge in [-0.3, -0.25) is 4.79 Å². The van der Waals surface area contributed by atoms with Gasteiger partial charge in [-0.15, -0.1) is 0 Å². The summed E-state index contributed by atoms with van der Waals surface area (Å²) in [7, 11) is 0. The van der Waals surface area contributed by atoms with Gasteiger partial charge in [-0.05, 0) is 61.1 Å². The largest absolute Gasteiger partial charge is 0.358 e. The lowest BCUT2D eigenvalue weighted by Gasteiger charge is -2.34. The summed E-state index contributed by atoms with van der Waals surface area (Å²) < 4.78 is 13.9. The average molecular weight is 427 g/mol. The van der Waals surface area contributed by atoms with Gasteiger partial charge >= 0.3 is 0 Å². The fourth-order valence-corrected chi connectivity index (χ4v) is 4.93. The summed E-state index contributed by atoms with van der Waals surface area (Å²) in [4.78, 5) is 19.3. The van der Waals surface area contributed by atoms with Crippen LogP contribution in [0, 0.1) is 11.7 Å². The summed E-state index contributed by atoms with van der Waals surface area (Å²) in [5.41, 5.74) is 5.43. The molecule has 3 nitrogen and oxygen atoms in total. The van der Waals surface area contributed by atoms with Crippen molar-refractivity contribution in [3.63, 3.8) is 0 Å². The number of rotatable bonds is 5. The summed E-state index contributed by atoms with van der Waals surface area (Å²) in [5.74, 6) is -0.183. The third kappa shape index (κ3) is 3.93. The van der Waals surface area contributed by atoms with Crippen LogP contribution < -0.4 is 0 Å². The van der Waals surface area contributed by atoms with Gasteiger partial charge in [-0.1, -0.05) is 60.7 Å². The van der Waals surface area contributed by atoms with Crippen LogP contribution in [-0.2, 0) is 24.2 Å². The van der Waals surface area contributed by atoms with Crippen molar-refractivity contribution in [1.82, 2.24) is 9.88 Å². The first-order chi connectivity index (χ1) is 15.6. The molecule has 1 heterocycles. The zero-order valence-corrected chi connectivity index (χ0v) is 18.2. The quantitative estimate of drug-likeness (QED) is 0.405. The summed E-state index contributed by atoms with van der Waals surface area (Å²) in [6.45, 7) is 2.67. The molecular weight excluding hydrogens is 399 g/mol. The van der Waals surface area contributed by atoms with Crippen LogP contribution in [0.5, 0.6) is 0 Å². The van der Waals surface area contributed by atoms with Crippen LogP contribution in [0.1, 0.15) is 41.8 Å². The second kappa shape index (κ2) is 8.62. The molecule has 2 atom stereocenters. The van der Waals surface area contributed by atoms with E-state index in [4.69, 9.17) is 0 Å². The van der Waals surface area contributed by atoms with E-state index in [1.165, 1.54) is 6.07 Å². The smallest absolute Gasteiger partial charge is 0.226 e. The molecular formula is C28H27FN2O. The van der Waals surface area contributed by atoms with Crippen molar-refractivity contribution in [2.24, 2.45) is 5.92 Å². The number of carbonyl (C=O) groups excluding carboxylic acids is 1. The Morgan fingerprint density at radius 2 is 1.78 bits per heavy atom. The maximum Gasteiger partial charge on any atom is 0.226 e. The molecule has 0 saturated heterocycles. The zero-order chi connectivity index (χ0) is 22.1. The standard InChI is InChI=1S/C28H27FN2O/c1-19(21-10-6-3-7-11-21)31(18-20-8-4-2-5-9-20)28(32)22-12-14-26-24(16-22)25-17-23(29)13-15-27(25)30-26/h2-11,13,15,17,19,22,30H,12,14,16,18H2,1H3/t19-,22?/m0/s1. The van der Waals surface area contributed by atoms with Crippen LogP contribution in [0.3, 0.4) is 0 Å². The second-order valence-corrected chi connectivity index (χ2v) is 8.75. The first-order valence-electron chi connectivity index (χ1n) is 11.3. The molecule has 0 aliphatic heterocycles. The minimum absolute atomic E-state index is 0.0364. The lowest BCUT2D eigenvalue weighted by Crippen LogP contribution is -2.39. The van der Waals surface area contributed by atoms with Gasteiger partial charge in [-0.25, -0.2) is 4.39 Å². The highest BCUT2D eigenvalue weighted by molar-refractivity contribution is 5.87. The zero-order valence-electron chi connectivity index (χ0n) is 18.2. The van der Waals surface area contributed by atoms with Gasteiger partial charge in [0.1, 0.15) is 5.82 Å². The Balaban J connectivity index is 1.46. The molecule has 5 rings (SSSR count). The number of aryl methyl sites for hydroxylation is 1. The highest BCUT2D eigenvalue weighted by Crippen LogP contribution is 2.35. The Kier molecular flexibility index (Phi) is 5.52. The number of carbonyl (C=O) groups is 1. The lowest BCUT2D eigenvalue weighted by atomic mass is 9.85. The number of aromatic amines is 1. The fraction of sp³-hybridized carbons (Fsp3) is 0.250. The fourth-order valence-electron chi connectivity index (χ4n) is 4.93. The Morgan fingerprint density at radius 1 is 1.06 bits per heavy atom. The van der Waals surface area contributed by atoms with E-state index >= 15 is 0 Å². The number of fused-ring (bicyclic) bond motifs is 3. The molecule has 1 aliphatic carbocycles. The Bertz CT molecular complexity index is 1230. The van der Waals surface area contributed by atoms with Gasteiger partial charge in [0.15, 0.2) is 0 Å². The van der Waals surface area contributed by atoms with Crippen molar-refractivity contribution in [3.8, 4) is 0 Å². The second-order valence-electron chi connectivity index (χ2n) is 8.75. The molecule has 1 unspecified atom stereocenters. The van der Waals surface area contributed by atoms with Crippen LogP contribution in [-0.4, -0.2) is 15.8 Å². The first-order valence-corrected chi connectivity index (χ1v) is 11.3. The number of hydrogen-bond acceptors (Lipinski definition) is 1. The van der Waals surface area contributed by atoms with Gasteiger partial charge in [0.25, 0.3) is 0 Å². The van der Waals surface area contributed by atoms with Crippen molar-refractivity contribution in [2.45, 2.75) is 38.8 Å². The predicted molar refractivity (Wildman–Crippen MR) is 126 cm³/mol. The van der Waals surface area contributed by atoms with Crippen molar-refractivity contribution in [1.29, 1.82) is 0 Å². The number of nitrogens with one attached hydrogen (secondary N) is 1. The molecule has 4 heteroatoms. The van der Waals surface area contributed by atoms with Gasteiger partial charge < -0.3 is 9.88 Å². The van der Waals surface area contributed by atoms with Crippen molar-refractivity contribution < 1.29 is 9.18 Å². The molecule has 0 fully saturated rings. The average Bonchev–Trinajstić information content (AvgIpc) is 3.20. The number of H-pyrrole nitrogens is 1. The summed E-state index contributed by atoms with van der Waals surface area (Å²) in [5, 5.41) is 0.906. The van der Waals surface area contributed by atoms with Gasteiger partial charge in [-0.2, -0.15) is 0 Å². The minimum atomic E-state index is -0.240. The minimum Gasteiger partial charge on any atom is -0.358 e. The van der Waals surface area contributed by atoms with Crippen molar-refractivity contribution >= 4 is 16.8 Å². The van der Waals surface area contributed by atoms with E-state index in [2.05, 4.69) is 36.2 Å². The number of amides is 1. The van der Waals surface area contributed by atoms with E-state index in [1.54, 1.807) is 12.1 Å². The van der Waals surface area contributed by atoms with E-state index in [1.807, 2.05) is 41.3 Å². The van der Waals surface area contributed by atoms with Gasteiger partial charge in [0.2, 0.25) is 5.91 Å². The van der Waals surface area contributed by atoms with Crippen molar-refractivity contribution in [2.75, 3.05) is 0 Å². The van der Waals surface area contributed by atoms with E-state index in [9.17, 15) is 9.18 Å². The summed E-state index contributed by atoms with van der Waals surface area (Å²) in [6.07, 6.45) is 2.25. The van der Waals surface area contributed by atoms with E-state index in [0.29, 0.717) is 13.0 Å². The first kappa shape index (κ1) is 20.5. The summed E-state index contributed by atoms with van der Waals surface area (Å²) in [6, 6.07) is 25.2. The third-order valence-corrected chi connectivity index (χ3v) is 6.73. The highest BCUT2D eigenvalue weighted by atomic mass is 19.1. The molecule has 0 radical (unpaired) electrons. The van der Waals surface area contributed by atoms with Gasteiger partial charge in [0, 0.05) is 29.1 Å². The molecule has 0 spiro atoms. The molecule has 1 aromatic heterocycles. The van der Waals surface area contributed by atoms with Crippen LogP contribution in [0.15, 0.2) is 78.9 Å². The maximum atomic E-state index is 13.9. The predicted octanol–water partition coefficient (Wildman–Crippen LogP) is 6.20. The third-order valence-electron chi connectivity index (χ3n) is 6.73. The number of hydrogen-bond donors (Lipinski definition) is 1. The van der Waals surface area contributed by atoms with Crippen LogP contribution in [0.25, 0.3) is 10.9 Å². The molecule has 0 bridgehead atoms. The molecule has 32 heavy (non-hydrogen) atoms. The molecule has 4 aromatic rings. The molecule has 3 aromatic carbocycles. The number of aromatic nitrogens is 1. The van der Waals surface area contributed by atoms with E-state index in [0.717, 1.165) is 46.1 Å². The number of benzene rings is 3. The molecule has 1 amide bonds. The molecule has 1 aliphatic rings. The van der Waals surface area contributed by atoms with Gasteiger partial charge in [0.05, 0.1) is 6.04 Å². The highest BCUT2D eigenvalue weighted by Gasteiger charge is 2.32. The Labute approximate surface area is 187 Å². The molecule has 162 valence electrons. The monoisotopic (exact) mass is 426 g/mol. The summed E-state index contributed by atoms with van der Waals surface area (Å²) >= 11 is 0. The topological polar surface area (TPSA) is 36.1 Å². The maximum absolute atomic E-state index is 13.9. The van der Waals surface area contributed by atoms with E-state index < -0.39 is 0 Å². The number of nitrogens with zero attached hydrogens (tertiary/aromatic N) is 1. The normalized spacial score (nSPS) is 16.5. The molecule has 0 saturated carbocycles. The van der Waals surface area contributed by atoms with Crippen LogP contribution >= 0.6 is 0 Å². The number of halogens is 1. The van der Waals surface area contributed by atoms with E-state index in [-0.39, 0.29) is 23.7 Å². The SMILES string of the molecule is C[C@@H](c1ccccc1)N(Cc1ccccc1)C(=O)C1CCc2[nH]c3ccc(F)cc3c2C1. The Hall–Kier alpha value is -3.40. The Morgan fingerprint density at radius 3 is 2.53 bits per heavy atom. The van der Waals surface area contributed by atoms with Crippen LogP contribution in [0.4, 0.5) is 4.39 Å². The lowest BCUT2D eigenvalue weighted by molar-refractivity contribution is -0.139. The van der Waals surface area contributed by atoms with Crippen molar-refractivity contribution in [3.05, 3.63) is 107 Å².